The average molecular weight is 208 g/mol. The first-order chi connectivity index (χ1) is 6.98. The third-order valence-electron chi connectivity index (χ3n) is 2.67. The minimum atomic E-state index is -1.68. The lowest BCUT2D eigenvalue weighted by atomic mass is 9.95. The number of aliphatic hydroxyl groups excluding tert-OH is 1. The molecular formula is C11H13FN2O. The molecule has 4 heteroatoms. The van der Waals surface area contributed by atoms with Crippen LogP contribution in [0.2, 0.25) is 0 Å². The van der Waals surface area contributed by atoms with Gasteiger partial charge in [0.25, 0.3) is 0 Å². The first kappa shape index (κ1) is 10.2. The number of rotatable bonds is 2. The third-order valence-corrected chi connectivity index (χ3v) is 2.67. The lowest BCUT2D eigenvalue weighted by Crippen LogP contribution is -2.46. The van der Waals surface area contributed by atoms with E-state index in [9.17, 15) is 9.50 Å². The Labute approximate surface area is 87.0 Å². The van der Waals surface area contributed by atoms with Crippen LogP contribution in [0, 0.1) is 0 Å². The smallest absolute Gasteiger partial charge is 0.207 e. The minimum absolute atomic E-state index is 0.425. The fourth-order valence-corrected chi connectivity index (χ4v) is 1.60. The third kappa shape index (κ3) is 1.45. The van der Waals surface area contributed by atoms with E-state index in [0.29, 0.717) is 10.7 Å². The Kier molecular flexibility index (Phi) is 2.12. The van der Waals surface area contributed by atoms with Crippen molar-refractivity contribution in [2.24, 2.45) is 9.98 Å². The van der Waals surface area contributed by atoms with Gasteiger partial charge in [0.15, 0.2) is 5.67 Å². The molecule has 0 saturated heterocycles. The summed E-state index contributed by atoms with van der Waals surface area (Å²) >= 11 is 0. The van der Waals surface area contributed by atoms with Crippen LogP contribution in [-0.2, 0) is 0 Å². The van der Waals surface area contributed by atoms with Crippen LogP contribution in [0.1, 0.15) is 13.8 Å². The SMILES string of the molecule is CC(C)(F)C1(CO)N=c2ccccc2=N1. The van der Waals surface area contributed by atoms with E-state index in [0.717, 1.165) is 0 Å². The van der Waals surface area contributed by atoms with Gasteiger partial charge in [0, 0.05) is 0 Å². The number of halogens is 1. The quantitative estimate of drug-likeness (QED) is 0.750. The van der Waals surface area contributed by atoms with Crippen LogP contribution in [0.3, 0.4) is 0 Å². The molecule has 1 aromatic rings. The summed E-state index contributed by atoms with van der Waals surface area (Å²) in [6.45, 7) is 2.33. The highest BCUT2D eigenvalue weighted by atomic mass is 19.1. The molecule has 2 rings (SSSR count). The summed E-state index contributed by atoms with van der Waals surface area (Å²) in [5.74, 6) is 0. The number of nitrogens with zero attached hydrogens (tertiary/aromatic N) is 2. The molecule has 15 heavy (non-hydrogen) atoms. The van der Waals surface area contributed by atoms with Crippen molar-refractivity contribution in [3.05, 3.63) is 35.0 Å². The van der Waals surface area contributed by atoms with E-state index in [1.165, 1.54) is 13.8 Å². The number of benzene rings is 1. The van der Waals surface area contributed by atoms with Gasteiger partial charge in [-0.1, -0.05) is 12.1 Å². The van der Waals surface area contributed by atoms with Gasteiger partial charge in [-0.05, 0) is 26.0 Å². The molecule has 0 saturated carbocycles. The fourth-order valence-electron chi connectivity index (χ4n) is 1.60. The molecule has 0 amide bonds. The molecule has 1 aliphatic heterocycles. The Hall–Kier alpha value is -1.29. The molecule has 0 spiro atoms. The van der Waals surface area contributed by atoms with Crippen LogP contribution in [0.4, 0.5) is 4.39 Å². The van der Waals surface area contributed by atoms with Gasteiger partial charge < -0.3 is 5.11 Å². The Morgan fingerprint density at radius 1 is 1.27 bits per heavy atom. The second-order valence-corrected chi connectivity index (χ2v) is 4.16. The number of hydrogen-bond acceptors (Lipinski definition) is 3. The Balaban J connectivity index is 2.66. The van der Waals surface area contributed by atoms with Crippen molar-refractivity contribution in [2.75, 3.05) is 6.61 Å². The minimum Gasteiger partial charge on any atom is -0.392 e. The summed E-state index contributed by atoms with van der Waals surface area (Å²) in [7, 11) is 0. The van der Waals surface area contributed by atoms with E-state index >= 15 is 0 Å². The topological polar surface area (TPSA) is 45.0 Å². The van der Waals surface area contributed by atoms with Crippen LogP contribution in [0.15, 0.2) is 34.3 Å². The number of hydrogen-bond donors (Lipinski definition) is 1. The summed E-state index contributed by atoms with van der Waals surface area (Å²) in [5.41, 5.74) is -3.06. The molecule has 1 N–H and O–H groups in total. The standard InChI is InChI=1S/C11H13FN2O/c1-10(2,12)11(7-15)13-8-5-3-4-6-9(8)14-11/h3-6,15H,7H2,1-2H3. The van der Waals surface area contributed by atoms with E-state index in [4.69, 9.17) is 0 Å². The lowest BCUT2D eigenvalue weighted by molar-refractivity contribution is 0.0502. The summed E-state index contributed by atoms with van der Waals surface area (Å²) in [6.07, 6.45) is 0. The van der Waals surface area contributed by atoms with Crippen LogP contribution in [-0.4, -0.2) is 23.0 Å². The monoisotopic (exact) mass is 208 g/mol. The van der Waals surface area contributed by atoms with E-state index in [2.05, 4.69) is 9.98 Å². The van der Waals surface area contributed by atoms with Gasteiger partial charge in [-0.15, -0.1) is 0 Å². The molecule has 0 atom stereocenters. The molecule has 0 fully saturated rings. The summed E-state index contributed by atoms with van der Waals surface area (Å²) in [4.78, 5) is 8.36. The molecule has 1 heterocycles. The summed E-state index contributed by atoms with van der Waals surface area (Å²) in [5, 5.41) is 10.6. The van der Waals surface area contributed by atoms with Crippen LogP contribution >= 0.6 is 0 Å². The predicted octanol–water partition coefficient (Wildman–Crippen LogP) is 0.376. The molecule has 0 aromatic heterocycles. The fraction of sp³-hybridized carbons (Fsp3) is 0.455. The van der Waals surface area contributed by atoms with E-state index in [-0.39, 0.29) is 0 Å². The van der Waals surface area contributed by atoms with Gasteiger partial charge in [-0.25, -0.2) is 14.4 Å². The van der Waals surface area contributed by atoms with Gasteiger partial charge in [-0.3, -0.25) is 0 Å². The molecule has 0 bridgehead atoms. The molecule has 0 radical (unpaired) electrons. The Morgan fingerprint density at radius 3 is 2.07 bits per heavy atom. The molecular weight excluding hydrogens is 195 g/mol. The van der Waals surface area contributed by atoms with Crippen LogP contribution < -0.4 is 10.7 Å². The van der Waals surface area contributed by atoms with Gasteiger partial charge in [0.1, 0.15) is 0 Å². The van der Waals surface area contributed by atoms with Crippen LogP contribution in [0.25, 0.3) is 0 Å². The zero-order valence-electron chi connectivity index (χ0n) is 8.74. The highest BCUT2D eigenvalue weighted by Gasteiger charge is 2.46. The van der Waals surface area contributed by atoms with Crippen molar-refractivity contribution in [2.45, 2.75) is 25.2 Å². The van der Waals surface area contributed by atoms with Crippen molar-refractivity contribution in [1.82, 2.24) is 0 Å². The summed E-state index contributed by atoms with van der Waals surface area (Å²) in [6, 6.07) is 7.16. The Morgan fingerprint density at radius 2 is 1.73 bits per heavy atom. The van der Waals surface area contributed by atoms with Crippen molar-refractivity contribution in [3.8, 4) is 0 Å². The molecule has 1 aromatic carbocycles. The highest BCUT2D eigenvalue weighted by molar-refractivity contribution is 5.12. The lowest BCUT2D eigenvalue weighted by Gasteiger charge is -2.30. The van der Waals surface area contributed by atoms with Crippen molar-refractivity contribution < 1.29 is 9.50 Å². The van der Waals surface area contributed by atoms with Gasteiger partial charge in [-0.2, -0.15) is 0 Å². The van der Waals surface area contributed by atoms with Crippen LogP contribution in [0.5, 0.6) is 0 Å². The number of aliphatic hydroxyl groups is 1. The van der Waals surface area contributed by atoms with E-state index in [1.807, 2.05) is 12.1 Å². The maximum Gasteiger partial charge on any atom is 0.207 e. The maximum absolute atomic E-state index is 14.0. The van der Waals surface area contributed by atoms with Gasteiger partial charge >= 0.3 is 0 Å². The molecule has 0 aliphatic carbocycles. The van der Waals surface area contributed by atoms with E-state index in [1.54, 1.807) is 12.1 Å². The number of alkyl halides is 1. The molecule has 3 nitrogen and oxygen atoms in total. The van der Waals surface area contributed by atoms with E-state index < -0.39 is 17.9 Å². The second kappa shape index (κ2) is 3.10. The highest BCUT2D eigenvalue weighted by Crippen LogP contribution is 2.31. The zero-order chi connectivity index (χ0) is 11.1. The predicted molar refractivity (Wildman–Crippen MR) is 53.8 cm³/mol. The van der Waals surface area contributed by atoms with Gasteiger partial charge in [0.2, 0.25) is 5.66 Å². The van der Waals surface area contributed by atoms with Gasteiger partial charge in [0.05, 0.1) is 17.3 Å². The molecule has 0 unspecified atom stereocenters. The molecule has 80 valence electrons. The maximum atomic E-state index is 14.0. The van der Waals surface area contributed by atoms with Crippen molar-refractivity contribution in [3.63, 3.8) is 0 Å². The number of para-hydroxylation sites is 2. The van der Waals surface area contributed by atoms with Crippen molar-refractivity contribution >= 4 is 0 Å². The molecule has 1 aliphatic rings. The summed E-state index contributed by atoms with van der Waals surface area (Å²) < 4.78 is 14.0. The largest absolute Gasteiger partial charge is 0.392 e. The first-order valence-corrected chi connectivity index (χ1v) is 4.83. The normalized spacial score (nSPS) is 17.9. The average Bonchev–Trinajstić information content (AvgIpc) is 2.56. The first-order valence-electron chi connectivity index (χ1n) is 4.83. The Bertz CT molecular complexity index is 455. The second-order valence-electron chi connectivity index (χ2n) is 4.16. The van der Waals surface area contributed by atoms with Crippen molar-refractivity contribution in [1.29, 1.82) is 0 Å². The zero-order valence-corrected chi connectivity index (χ0v) is 8.74. The number of fused-ring (bicyclic) bond motifs is 1.